The molecule has 0 spiro atoms. The number of alkyl halides is 1. The van der Waals surface area contributed by atoms with Crippen molar-refractivity contribution in [3.05, 3.63) is 69.2 Å². The SMILES string of the molecule is Fc1cc(F)c(C(Cl)c2cccc(Br)c2F)cc1F. The minimum Gasteiger partial charge on any atom is -0.207 e. The molecule has 0 aromatic heterocycles. The van der Waals surface area contributed by atoms with Gasteiger partial charge in [-0.05, 0) is 28.1 Å². The van der Waals surface area contributed by atoms with Crippen molar-refractivity contribution >= 4 is 27.5 Å². The lowest BCUT2D eigenvalue weighted by Crippen LogP contribution is -2.02. The maximum Gasteiger partial charge on any atom is 0.161 e. The molecular formula is C13H6BrClF4. The zero-order chi connectivity index (χ0) is 14.2. The summed E-state index contributed by atoms with van der Waals surface area (Å²) in [6.45, 7) is 0. The first-order chi connectivity index (χ1) is 8.91. The Kier molecular flexibility index (Phi) is 4.16. The van der Waals surface area contributed by atoms with Gasteiger partial charge in [0.15, 0.2) is 11.6 Å². The number of benzene rings is 2. The van der Waals surface area contributed by atoms with Gasteiger partial charge in [-0.25, -0.2) is 17.6 Å². The van der Waals surface area contributed by atoms with E-state index in [1.165, 1.54) is 18.2 Å². The first-order valence-electron chi connectivity index (χ1n) is 5.14. The molecule has 0 radical (unpaired) electrons. The summed E-state index contributed by atoms with van der Waals surface area (Å²) in [7, 11) is 0. The van der Waals surface area contributed by atoms with Crippen molar-refractivity contribution in [1.82, 2.24) is 0 Å². The minimum atomic E-state index is -1.32. The fraction of sp³-hybridized carbons (Fsp3) is 0.0769. The number of halogens is 6. The summed E-state index contributed by atoms with van der Waals surface area (Å²) < 4.78 is 53.5. The van der Waals surface area contributed by atoms with Crippen LogP contribution < -0.4 is 0 Å². The van der Waals surface area contributed by atoms with Crippen LogP contribution in [0.1, 0.15) is 16.5 Å². The van der Waals surface area contributed by atoms with Crippen molar-refractivity contribution < 1.29 is 17.6 Å². The predicted molar refractivity (Wildman–Crippen MR) is 68.1 cm³/mol. The van der Waals surface area contributed by atoms with Gasteiger partial charge in [0.2, 0.25) is 0 Å². The van der Waals surface area contributed by atoms with Crippen LogP contribution in [0.15, 0.2) is 34.8 Å². The molecule has 0 N–H and O–H groups in total. The van der Waals surface area contributed by atoms with E-state index in [2.05, 4.69) is 15.9 Å². The molecule has 0 fully saturated rings. The highest BCUT2D eigenvalue weighted by atomic mass is 79.9. The van der Waals surface area contributed by atoms with Gasteiger partial charge in [-0.15, -0.1) is 11.6 Å². The Bertz CT molecular complexity index is 630. The predicted octanol–water partition coefficient (Wildman–Crippen LogP) is 5.33. The highest BCUT2D eigenvalue weighted by Crippen LogP contribution is 2.35. The largest absolute Gasteiger partial charge is 0.207 e. The van der Waals surface area contributed by atoms with Crippen LogP contribution in [0.2, 0.25) is 0 Å². The molecule has 2 rings (SSSR count). The van der Waals surface area contributed by atoms with Crippen LogP contribution >= 0.6 is 27.5 Å². The zero-order valence-corrected chi connectivity index (χ0v) is 11.6. The molecule has 0 saturated heterocycles. The molecule has 0 heterocycles. The van der Waals surface area contributed by atoms with Gasteiger partial charge >= 0.3 is 0 Å². The third-order valence-corrected chi connectivity index (χ3v) is 3.65. The summed E-state index contributed by atoms with van der Waals surface area (Å²) in [4.78, 5) is 0. The van der Waals surface area contributed by atoms with Crippen molar-refractivity contribution in [2.24, 2.45) is 0 Å². The molecule has 1 atom stereocenters. The molecule has 2 aromatic rings. The average molecular weight is 354 g/mol. The maximum atomic E-state index is 13.8. The number of hydrogen-bond donors (Lipinski definition) is 0. The average Bonchev–Trinajstić information content (AvgIpc) is 2.36. The van der Waals surface area contributed by atoms with E-state index in [4.69, 9.17) is 11.6 Å². The Hall–Kier alpha value is -1.07. The normalized spacial score (nSPS) is 12.5. The lowest BCUT2D eigenvalue weighted by atomic mass is 10.0. The van der Waals surface area contributed by atoms with Gasteiger partial charge in [0, 0.05) is 17.2 Å². The van der Waals surface area contributed by atoms with Gasteiger partial charge in [-0.2, -0.15) is 0 Å². The van der Waals surface area contributed by atoms with Gasteiger partial charge < -0.3 is 0 Å². The Morgan fingerprint density at radius 3 is 2.21 bits per heavy atom. The van der Waals surface area contributed by atoms with Crippen LogP contribution in [0, 0.1) is 23.3 Å². The van der Waals surface area contributed by atoms with E-state index < -0.39 is 28.6 Å². The number of rotatable bonds is 2. The minimum absolute atomic E-state index is 0.0269. The van der Waals surface area contributed by atoms with Crippen LogP contribution in [0.25, 0.3) is 0 Å². The van der Waals surface area contributed by atoms with E-state index >= 15 is 0 Å². The van der Waals surface area contributed by atoms with E-state index in [1.807, 2.05) is 0 Å². The van der Waals surface area contributed by atoms with Gasteiger partial charge in [0.05, 0.1) is 9.85 Å². The van der Waals surface area contributed by atoms with Crippen molar-refractivity contribution in [2.45, 2.75) is 5.38 Å². The van der Waals surface area contributed by atoms with Gasteiger partial charge in [0.1, 0.15) is 11.6 Å². The molecule has 0 aliphatic carbocycles. The molecular weight excluding hydrogens is 347 g/mol. The molecule has 100 valence electrons. The summed E-state index contributed by atoms with van der Waals surface area (Å²) in [5, 5.41) is -1.26. The second kappa shape index (κ2) is 5.51. The van der Waals surface area contributed by atoms with E-state index in [9.17, 15) is 17.6 Å². The Labute approximate surface area is 120 Å². The van der Waals surface area contributed by atoms with Crippen molar-refractivity contribution in [1.29, 1.82) is 0 Å². The van der Waals surface area contributed by atoms with Crippen LogP contribution in [-0.2, 0) is 0 Å². The fourth-order valence-electron chi connectivity index (χ4n) is 1.62. The van der Waals surface area contributed by atoms with Gasteiger partial charge in [0.25, 0.3) is 0 Å². The zero-order valence-electron chi connectivity index (χ0n) is 9.23. The maximum absolute atomic E-state index is 13.8. The highest BCUT2D eigenvalue weighted by molar-refractivity contribution is 9.10. The molecule has 6 heteroatoms. The van der Waals surface area contributed by atoms with E-state index in [0.717, 1.165) is 0 Å². The summed E-state index contributed by atoms with van der Waals surface area (Å²) in [6.07, 6.45) is 0. The third-order valence-electron chi connectivity index (χ3n) is 2.57. The quantitative estimate of drug-likeness (QED) is 0.389. The molecule has 0 aliphatic heterocycles. The second-order valence-electron chi connectivity index (χ2n) is 3.79. The Morgan fingerprint density at radius 1 is 0.895 bits per heavy atom. The third kappa shape index (κ3) is 2.77. The first-order valence-corrected chi connectivity index (χ1v) is 6.37. The molecule has 0 bridgehead atoms. The van der Waals surface area contributed by atoms with Crippen LogP contribution in [0.3, 0.4) is 0 Å². The van der Waals surface area contributed by atoms with Crippen molar-refractivity contribution in [3.8, 4) is 0 Å². The lowest BCUT2D eigenvalue weighted by Gasteiger charge is -2.13. The molecule has 1 unspecified atom stereocenters. The second-order valence-corrected chi connectivity index (χ2v) is 5.08. The molecule has 0 amide bonds. The Morgan fingerprint density at radius 2 is 1.53 bits per heavy atom. The standard InChI is InChI=1S/C13H6BrClF4/c14-8-3-1-2-6(13(8)19)12(15)7-4-10(17)11(18)5-9(7)16/h1-5,12H. The fourth-order valence-corrected chi connectivity index (χ4v) is 2.33. The smallest absolute Gasteiger partial charge is 0.161 e. The van der Waals surface area contributed by atoms with Crippen molar-refractivity contribution in [2.75, 3.05) is 0 Å². The summed E-state index contributed by atoms with van der Waals surface area (Å²) in [6, 6.07) is 5.32. The van der Waals surface area contributed by atoms with Crippen LogP contribution in [-0.4, -0.2) is 0 Å². The van der Waals surface area contributed by atoms with E-state index in [-0.39, 0.29) is 15.6 Å². The summed E-state index contributed by atoms with van der Waals surface area (Å²) in [5.74, 6) is -4.26. The van der Waals surface area contributed by atoms with Crippen LogP contribution in [0.5, 0.6) is 0 Å². The molecule has 0 saturated carbocycles. The van der Waals surface area contributed by atoms with Gasteiger partial charge in [-0.3, -0.25) is 0 Å². The molecule has 0 aliphatic rings. The monoisotopic (exact) mass is 352 g/mol. The number of hydrogen-bond acceptors (Lipinski definition) is 0. The van der Waals surface area contributed by atoms with Crippen LogP contribution in [0.4, 0.5) is 17.6 Å². The molecule has 19 heavy (non-hydrogen) atoms. The molecule has 2 aromatic carbocycles. The molecule has 0 nitrogen and oxygen atoms in total. The van der Waals surface area contributed by atoms with Gasteiger partial charge in [-0.1, -0.05) is 12.1 Å². The van der Waals surface area contributed by atoms with Crippen molar-refractivity contribution in [3.63, 3.8) is 0 Å². The highest BCUT2D eigenvalue weighted by Gasteiger charge is 2.22. The first kappa shape index (κ1) is 14.3. The van der Waals surface area contributed by atoms with E-state index in [1.54, 1.807) is 0 Å². The summed E-state index contributed by atoms with van der Waals surface area (Å²) in [5.41, 5.74) is -0.349. The lowest BCUT2D eigenvalue weighted by molar-refractivity contribution is 0.490. The topological polar surface area (TPSA) is 0 Å². The summed E-state index contributed by atoms with van der Waals surface area (Å²) >= 11 is 8.92. The Balaban J connectivity index is 2.53. The van der Waals surface area contributed by atoms with E-state index in [0.29, 0.717) is 12.1 Å².